The smallest absolute Gasteiger partial charge is 0.330 e. The third kappa shape index (κ3) is 4.04. The Balaban J connectivity index is 2.86. The van der Waals surface area contributed by atoms with E-state index < -0.39 is 16.3 Å². The van der Waals surface area contributed by atoms with Crippen molar-refractivity contribution in [2.45, 2.75) is 19.9 Å². The molecule has 0 unspecified atom stereocenters. The molecule has 0 saturated carbocycles. The van der Waals surface area contributed by atoms with Crippen LogP contribution in [0.5, 0.6) is 0 Å². The van der Waals surface area contributed by atoms with E-state index in [2.05, 4.69) is 8.91 Å². The van der Waals surface area contributed by atoms with Crippen LogP contribution in [-0.4, -0.2) is 14.4 Å². The summed E-state index contributed by atoms with van der Waals surface area (Å²) in [5.41, 5.74) is 6.37. The summed E-state index contributed by atoms with van der Waals surface area (Å²) in [7, 11) is -4.13. The molecule has 0 aromatic heterocycles. The number of benzene rings is 1. The third-order valence-electron chi connectivity index (χ3n) is 1.96. The normalized spacial score (nSPS) is 10.9. The summed E-state index contributed by atoms with van der Waals surface area (Å²) in [6, 6.07) is 6.61. The number of carbonyl (C=O) groups excluding carboxylic acids is 1. The van der Waals surface area contributed by atoms with E-state index in [4.69, 9.17) is 5.73 Å². The van der Waals surface area contributed by atoms with Gasteiger partial charge in [-0.2, -0.15) is 8.42 Å². The maximum Gasteiger partial charge on any atom is 0.410 e. The minimum absolute atomic E-state index is 0.0144. The van der Waals surface area contributed by atoms with Gasteiger partial charge in [-0.05, 0) is 11.6 Å². The van der Waals surface area contributed by atoms with E-state index in [1.165, 1.54) is 6.92 Å². The van der Waals surface area contributed by atoms with E-state index in [1.807, 2.05) is 0 Å². The van der Waals surface area contributed by atoms with Crippen molar-refractivity contribution in [1.82, 2.24) is 0 Å². The maximum atomic E-state index is 11.4. The first-order chi connectivity index (χ1) is 7.98. The van der Waals surface area contributed by atoms with Gasteiger partial charge in [0.1, 0.15) is 0 Å². The Bertz CT molecular complexity index is 499. The van der Waals surface area contributed by atoms with Gasteiger partial charge >= 0.3 is 16.3 Å². The van der Waals surface area contributed by atoms with Crippen molar-refractivity contribution in [3.8, 4) is 0 Å². The quantitative estimate of drug-likeness (QED) is 0.812. The van der Waals surface area contributed by atoms with Crippen LogP contribution in [0.4, 0.5) is 5.69 Å². The van der Waals surface area contributed by atoms with Crippen molar-refractivity contribution in [3.05, 3.63) is 29.8 Å². The van der Waals surface area contributed by atoms with Crippen LogP contribution in [0.1, 0.15) is 18.9 Å². The minimum atomic E-state index is -4.13. The van der Waals surface area contributed by atoms with E-state index >= 15 is 0 Å². The number of nitrogens with two attached hydrogens (primary N) is 1. The minimum Gasteiger partial charge on any atom is -0.330 e. The monoisotopic (exact) mass is 258 g/mol. The van der Waals surface area contributed by atoms with Gasteiger partial charge in [0, 0.05) is 13.0 Å². The Kier molecular flexibility index (Phi) is 4.47. The van der Waals surface area contributed by atoms with Crippen LogP contribution >= 0.6 is 0 Å². The molecule has 1 aromatic rings. The predicted octanol–water partition coefficient (Wildman–Crippen LogP) is 0.755. The molecule has 0 spiro atoms. The molecule has 17 heavy (non-hydrogen) atoms. The molecule has 6 nitrogen and oxygen atoms in total. The first-order valence-corrected chi connectivity index (χ1v) is 6.42. The topological polar surface area (TPSA) is 98.5 Å². The lowest BCUT2D eigenvalue weighted by Gasteiger charge is -2.10. The Morgan fingerprint density at radius 3 is 2.65 bits per heavy atom. The van der Waals surface area contributed by atoms with E-state index in [-0.39, 0.29) is 13.0 Å². The van der Waals surface area contributed by atoms with Crippen molar-refractivity contribution in [3.63, 3.8) is 0 Å². The molecular formula is C10H14N2O4S. The molecular weight excluding hydrogens is 244 g/mol. The van der Waals surface area contributed by atoms with E-state index in [0.717, 1.165) is 0 Å². The molecule has 0 amide bonds. The maximum absolute atomic E-state index is 11.4. The lowest BCUT2D eigenvalue weighted by atomic mass is 10.2. The summed E-state index contributed by atoms with van der Waals surface area (Å²) < 4.78 is 29.3. The van der Waals surface area contributed by atoms with Gasteiger partial charge in [-0.15, -0.1) is 0 Å². The summed E-state index contributed by atoms with van der Waals surface area (Å²) in [4.78, 5) is 10.9. The lowest BCUT2D eigenvalue weighted by Crippen LogP contribution is -2.20. The lowest BCUT2D eigenvalue weighted by molar-refractivity contribution is -0.133. The van der Waals surface area contributed by atoms with Gasteiger partial charge in [-0.1, -0.05) is 25.1 Å². The number of hydrogen-bond donors (Lipinski definition) is 2. The molecule has 1 aromatic carbocycles. The van der Waals surface area contributed by atoms with Crippen LogP contribution in [0, 0.1) is 0 Å². The summed E-state index contributed by atoms with van der Waals surface area (Å²) in [5.74, 6) is -0.817. The number of anilines is 1. The second kappa shape index (κ2) is 5.65. The second-order valence-electron chi connectivity index (χ2n) is 3.23. The molecule has 0 radical (unpaired) electrons. The van der Waals surface area contributed by atoms with Gasteiger partial charge in [-0.25, -0.2) is 0 Å². The Hall–Kier alpha value is -1.60. The van der Waals surface area contributed by atoms with Crippen molar-refractivity contribution in [2.75, 3.05) is 4.72 Å². The van der Waals surface area contributed by atoms with Gasteiger partial charge < -0.3 is 9.92 Å². The highest BCUT2D eigenvalue weighted by atomic mass is 32.2. The highest BCUT2D eigenvalue weighted by Gasteiger charge is 2.16. The van der Waals surface area contributed by atoms with Crippen LogP contribution < -0.4 is 10.5 Å². The molecule has 0 aliphatic carbocycles. The fraction of sp³-hybridized carbons (Fsp3) is 0.300. The zero-order chi connectivity index (χ0) is 12.9. The fourth-order valence-electron chi connectivity index (χ4n) is 1.13. The van der Waals surface area contributed by atoms with Gasteiger partial charge in [0.15, 0.2) is 0 Å². The van der Waals surface area contributed by atoms with Gasteiger partial charge in [0.25, 0.3) is 0 Å². The van der Waals surface area contributed by atoms with Gasteiger partial charge in [0.05, 0.1) is 5.69 Å². The molecule has 0 bridgehead atoms. The van der Waals surface area contributed by atoms with Crippen LogP contribution in [0.15, 0.2) is 24.3 Å². The number of carbonyl (C=O) groups is 1. The molecule has 7 heteroatoms. The standard InChI is InChI=1S/C10H14N2O4S/c1-2-10(13)16-17(14,15)12-9-6-4-3-5-8(9)7-11/h3-6,12H,2,7,11H2,1H3. The van der Waals surface area contributed by atoms with Crippen molar-refractivity contribution < 1.29 is 17.4 Å². The molecule has 0 fully saturated rings. The molecule has 0 heterocycles. The average Bonchev–Trinajstić information content (AvgIpc) is 2.28. The van der Waals surface area contributed by atoms with Gasteiger partial charge in [-0.3, -0.25) is 9.52 Å². The first-order valence-electron chi connectivity index (χ1n) is 5.01. The van der Waals surface area contributed by atoms with Crippen molar-refractivity contribution in [2.24, 2.45) is 5.73 Å². The summed E-state index contributed by atoms with van der Waals surface area (Å²) >= 11 is 0. The van der Waals surface area contributed by atoms with E-state index in [0.29, 0.717) is 11.3 Å². The summed E-state index contributed by atoms with van der Waals surface area (Å²) in [5, 5.41) is 0. The fourth-order valence-corrected chi connectivity index (χ4v) is 2.01. The predicted molar refractivity (Wildman–Crippen MR) is 63.3 cm³/mol. The highest BCUT2D eigenvalue weighted by Crippen LogP contribution is 2.16. The summed E-state index contributed by atoms with van der Waals surface area (Å²) in [6.07, 6.45) is -0.0144. The van der Waals surface area contributed by atoms with Crippen LogP contribution in [0.3, 0.4) is 0 Å². The molecule has 1 rings (SSSR count). The molecule has 0 atom stereocenters. The molecule has 3 N–H and O–H groups in total. The van der Waals surface area contributed by atoms with Crippen molar-refractivity contribution in [1.29, 1.82) is 0 Å². The molecule has 0 aliphatic heterocycles. The van der Waals surface area contributed by atoms with Gasteiger partial charge in [0.2, 0.25) is 0 Å². The number of rotatable bonds is 5. The molecule has 94 valence electrons. The third-order valence-corrected chi connectivity index (χ3v) is 2.84. The Labute approximate surface area is 100 Å². The SMILES string of the molecule is CCC(=O)OS(=O)(=O)Nc1ccccc1CN. The Morgan fingerprint density at radius 2 is 2.06 bits per heavy atom. The van der Waals surface area contributed by atoms with Crippen LogP contribution in [0.25, 0.3) is 0 Å². The second-order valence-corrected chi connectivity index (χ2v) is 4.51. The Morgan fingerprint density at radius 1 is 1.41 bits per heavy atom. The number of para-hydroxylation sites is 1. The average molecular weight is 258 g/mol. The van der Waals surface area contributed by atoms with Crippen LogP contribution in [-0.2, 0) is 25.8 Å². The summed E-state index contributed by atoms with van der Waals surface area (Å²) in [6.45, 7) is 1.69. The molecule has 0 saturated heterocycles. The zero-order valence-electron chi connectivity index (χ0n) is 9.34. The van der Waals surface area contributed by atoms with Crippen LogP contribution in [0.2, 0.25) is 0 Å². The largest absolute Gasteiger partial charge is 0.410 e. The number of nitrogens with one attached hydrogen (secondary N) is 1. The first kappa shape index (κ1) is 13.5. The van der Waals surface area contributed by atoms with E-state index in [9.17, 15) is 13.2 Å². The number of hydrogen-bond acceptors (Lipinski definition) is 5. The zero-order valence-corrected chi connectivity index (χ0v) is 10.2. The molecule has 0 aliphatic rings. The van der Waals surface area contributed by atoms with Crippen molar-refractivity contribution >= 4 is 22.0 Å². The van der Waals surface area contributed by atoms with E-state index in [1.54, 1.807) is 24.3 Å². The highest BCUT2D eigenvalue weighted by molar-refractivity contribution is 7.88.